The van der Waals surface area contributed by atoms with Gasteiger partial charge in [-0.2, -0.15) is 0 Å². The number of H-pyrrole nitrogens is 1. The number of imidazole rings is 1. The molecule has 0 bridgehead atoms. The molecule has 0 fully saturated rings. The molecule has 0 saturated carbocycles. The van der Waals surface area contributed by atoms with Gasteiger partial charge in [-0.05, 0) is 11.8 Å². The predicted octanol–water partition coefficient (Wildman–Crippen LogP) is -0.848. The number of nitrogens with one attached hydrogen (secondary N) is 4. The SMILES string of the molecule is CCC(C)C(NC(=O)CN)C(=O)NC(C(=O)NC(Cc1cnc[nH]1)C(=O)O)C(C)C. The molecule has 0 aliphatic rings. The third-order valence-corrected chi connectivity index (χ3v) is 4.84. The quantitative estimate of drug-likeness (QED) is 0.253. The molecule has 30 heavy (non-hydrogen) atoms. The van der Waals surface area contributed by atoms with Crippen LogP contribution in [-0.4, -0.2) is 63.4 Å². The van der Waals surface area contributed by atoms with Crippen LogP contribution < -0.4 is 21.7 Å². The molecule has 0 aliphatic heterocycles. The first-order valence-corrected chi connectivity index (χ1v) is 9.90. The minimum absolute atomic E-state index is 0.0158. The number of amides is 3. The summed E-state index contributed by atoms with van der Waals surface area (Å²) in [5, 5.41) is 17.1. The number of aromatic amines is 1. The first kappa shape index (κ1) is 25.1. The van der Waals surface area contributed by atoms with E-state index >= 15 is 0 Å². The van der Waals surface area contributed by atoms with Gasteiger partial charge in [-0.15, -0.1) is 0 Å². The number of carbonyl (C=O) groups is 4. The molecule has 0 aliphatic carbocycles. The lowest BCUT2D eigenvalue weighted by molar-refractivity contribution is -0.142. The van der Waals surface area contributed by atoms with Crippen LogP contribution in [0.5, 0.6) is 0 Å². The van der Waals surface area contributed by atoms with Gasteiger partial charge in [0.2, 0.25) is 17.7 Å². The lowest BCUT2D eigenvalue weighted by Gasteiger charge is -2.28. The number of carboxylic acids is 1. The van der Waals surface area contributed by atoms with Crippen molar-refractivity contribution >= 4 is 23.7 Å². The summed E-state index contributed by atoms with van der Waals surface area (Å²) in [6, 6.07) is -3.04. The maximum absolute atomic E-state index is 12.8. The Labute approximate surface area is 175 Å². The van der Waals surface area contributed by atoms with Crippen LogP contribution >= 0.6 is 0 Å². The highest BCUT2D eigenvalue weighted by Crippen LogP contribution is 2.11. The van der Waals surface area contributed by atoms with Crippen molar-refractivity contribution in [3.8, 4) is 0 Å². The highest BCUT2D eigenvalue weighted by Gasteiger charge is 2.33. The number of nitrogens with two attached hydrogens (primary N) is 1. The maximum Gasteiger partial charge on any atom is 0.326 e. The number of hydrogen-bond acceptors (Lipinski definition) is 6. The van der Waals surface area contributed by atoms with E-state index in [0.29, 0.717) is 12.1 Å². The zero-order chi connectivity index (χ0) is 22.8. The maximum atomic E-state index is 12.8. The number of aliphatic carboxylic acids is 1. The molecule has 1 aromatic rings. The van der Waals surface area contributed by atoms with Gasteiger partial charge >= 0.3 is 5.97 Å². The average molecular weight is 425 g/mol. The predicted molar refractivity (Wildman–Crippen MR) is 109 cm³/mol. The summed E-state index contributed by atoms with van der Waals surface area (Å²) in [4.78, 5) is 55.5. The van der Waals surface area contributed by atoms with Crippen LogP contribution in [0.2, 0.25) is 0 Å². The molecule has 1 heterocycles. The van der Waals surface area contributed by atoms with Crippen molar-refractivity contribution in [3.63, 3.8) is 0 Å². The lowest BCUT2D eigenvalue weighted by atomic mass is 9.96. The highest BCUT2D eigenvalue weighted by molar-refractivity contribution is 5.93. The van der Waals surface area contributed by atoms with E-state index in [4.69, 9.17) is 5.73 Å². The van der Waals surface area contributed by atoms with Gasteiger partial charge < -0.3 is 31.8 Å². The molecule has 11 heteroatoms. The van der Waals surface area contributed by atoms with Crippen molar-refractivity contribution < 1.29 is 24.3 Å². The molecule has 4 atom stereocenters. The molecule has 0 aromatic carbocycles. The van der Waals surface area contributed by atoms with Gasteiger partial charge in [0.25, 0.3) is 0 Å². The Balaban J connectivity index is 2.92. The Bertz CT molecular complexity index is 721. The van der Waals surface area contributed by atoms with Gasteiger partial charge in [-0.25, -0.2) is 9.78 Å². The van der Waals surface area contributed by atoms with Crippen molar-refractivity contribution in [2.45, 2.75) is 58.7 Å². The summed E-state index contributed by atoms with van der Waals surface area (Å²) in [5.41, 5.74) is 5.88. The van der Waals surface area contributed by atoms with Crippen LogP contribution in [0.25, 0.3) is 0 Å². The van der Waals surface area contributed by atoms with E-state index in [9.17, 15) is 24.3 Å². The fourth-order valence-electron chi connectivity index (χ4n) is 2.79. The van der Waals surface area contributed by atoms with Crippen LogP contribution in [0.15, 0.2) is 12.5 Å². The summed E-state index contributed by atoms with van der Waals surface area (Å²) in [6.45, 7) is 6.87. The monoisotopic (exact) mass is 424 g/mol. The third-order valence-electron chi connectivity index (χ3n) is 4.84. The summed E-state index contributed by atoms with van der Waals surface area (Å²) < 4.78 is 0. The van der Waals surface area contributed by atoms with E-state index in [1.165, 1.54) is 12.5 Å². The summed E-state index contributed by atoms with van der Waals surface area (Å²) in [6.07, 6.45) is 3.52. The molecule has 0 spiro atoms. The Kier molecular flexibility index (Phi) is 9.96. The van der Waals surface area contributed by atoms with Gasteiger partial charge in [0.05, 0.1) is 12.9 Å². The Morgan fingerprint density at radius 1 is 1.10 bits per heavy atom. The number of hydrogen-bond donors (Lipinski definition) is 6. The third kappa shape index (κ3) is 7.47. The molecule has 1 rings (SSSR count). The van der Waals surface area contributed by atoms with E-state index < -0.39 is 41.8 Å². The van der Waals surface area contributed by atoms with E-state index in [1.807, 2.05) is 6.92 Å². The fourth-order valence-corrected chi connectivity index (χ4v) is 2.79. The highest BCUT2D eigenvalue weighted by atomic mass is 16.4. The molecule has 4 unspecified atom stereocenters. The molecular formula is C19H32N6O5. The number of aromatic nitrogens is 2. The van der Waals surface area contributed by atoms with Crippen molar-refractivity contribution in [3.05, 3.63) is 18.2 Å². The van der Waals surface area contributed by atoms with Crippen molar-refractivity contribution in [1.82, 2.24) is 25.9 Å². The normalized spacial score (nSPS) is 15.0. The minimum atomic E-state index is -1.21. The minimum Gasteiger partial charge on any atom is -0.480 e. The average Bonchev–Trinajstić information content (AvgIpc) is 3.21. The van der Waals surface area contributed by atoms with E-state index in [0.717, 1.165) is 0 Å². The smallest absolute Gasteiger partial charge is 0.326 e. The van der Waals surface area contributed by atoms with E-state index in [-0.39, 0.29) is 24.8 Å². The van der Waals surface area contributed by atoms with Gasteiger partial charge in [-0.3, -0.25) is 14.4 Å². The molecule has 0 saturated heterocycles. The van der Waals surface area contributed by atoms with Crippen LogP contribution in [0.3, 0.4) is 0 Å². The van der Waals surface area contributed by atoms with Crippen molar-refractivity contribution in [1.29, 1.82) is 0 Å². The number of carboxylic acid groups (broad SMARTS) is 1. The lowest BCUT2D eigenvalue weighted by Crippen LogP contribution is -2.59. The molecule has 0 radical (unpaired) electrons. The fraction of sp³-hybridized carbons (Fsp3) is 0.632. The van der Waals surface area contributed by atoms with Crippen LogP contribution in [0.4, 0.5) is 0 Å². The standard InChI is InChI=1S/C19H32N6O5/c1-5-11(4)16(24-14(26)7-20)18(28)25-15(10(2)3)17(27)23-13(19(29)30)6-12-8-21-9-22-12/h8-11,13,15-16H,5-7,20H2,1-4H3,(H,21,22)(H,23,27)(H,24,26)(H,25,28)(H,29,30). The second kappa shape index (κ2) is 11.9. The first-order chi connectivity index (χ1) is 14.1. The Morgan fingerprint density at radius 3 is 2.20 bits per heavy atom. The largest absolute Gasteiger partial charge is 0.480 e. The van der Waals surface area contributed by atoms with Crippen molar-refractivity contribution in [2.24, 2.45) is 17.6 Å². The van der Waals surface area contributed by atoms with Crippen LogP contribution in [-0.2, 0) is 25.6 Å². The molecule has 7 N–H and O–H groups in total. The molecule has 1 aromatic heterocycles. The number of nitrogens with zero attached hydrogens (tertiary/aromatic N) is 1. The Hall–Kier alpha value is -2.95. The summed E-state index contributed by atoms with van der Waals surface area (Å²) in [5.74, 6) is -3.36. The summed E-state index contributed by atoms with van der Waals surface area (Å²) in [7, 11) is 0. The van der Waals surface area contributed by atoms with Crippen LogP contribution in [0, 0.1) is 11.8 Å². The number of rotatable bonds is 12. The van der Waals surface area contributed by atoms with E-state index in [1.54, 1.807) is 20.8 Å². The zero-order valence-electron chi connectivity index (χ0n) is 17.8. The molecule has 3 amide bonds. The van der Waals surface area contributed by atoms with Gasteiger partial charge in [0, 0.05) is 18.3 Å². The molecule has 11 nitrogen and oxygen atoms in total. The molecule has 168 valence electrons. The zero-order valence-corrected chi connectivity index (χ0v) is 17.8. The second-order valence-corrected chi connectivity index (χ2v) is 7.55. The topological polar surface area (TPSA) is 179 Å². The van der Waals surface area contributed by atoms with Gasteiger partial charge in [0.15, 0.2) is 0 Å². The second-order valence-electron chi connectivity index (χ2n) is 7.55. The van der Waals surface area contributed by atoms with Gasteiger partial charge in [0.1, 0.15) is 18.1 Å². The summed E-state index contributed by atoms with van der Waals surface area (Å²) >= 11 is 0. The Morgan fingerprint density at radius 2 is 1.73 bits per heavy atom. The molecular weight excluding hydrogens is 392 g/mol. The van der Waals surface area contributed by atoms with E-state index in [2.05, 4.69) is 25.9 Å². The van der Waals surface area contributed by atoms with Crippen LogP contribution in [0.1, 0.15) is 39.8 Å². The van der Waals surface area contributed by atoms with Crippen molar-refractivity contribution in [2.75, 3.05) is 6.54 Å². The number of carbonyl (C=O) groups excluding carboxylic acids is 3. The van der Waals surface area contributed by atoms with Gasteiger partial charge in [-0.1, -0.05) is 34.1 Å². The first-order valence-electron chi connectivity index (χ1n) is 9.90.